The molecule has 3 aliphatic carbocycles. The molecule has 6 rings (SSSR count). The number of hydrogen-bond donors (Lipinski definition) is 1. The van der Waals surface area contributed by atoms with Crippen LogP contribution in [0.1, 0.15) is 57.5 Å². The summed E-state index contributed by atoms with van der Waals surface area (Å²) in [4.78, 5) is 18.5. The van der Waals surface area contributed by atoms with Gasteiger partial charge in [0.25, 0.3) is 0 Å². The maximum Gasteiger partial charge on any atom is 0.327 e. The van der Waals surface area contributed by atoms with Gasteiger partial charge in [0.15, 0.2) is 0 Å². The summed E-state index contributed by atoms with van der Waals surface area (Å²) in [5.41, 5.74) is 2.82. The van der Waals surface area contributed by atoms with Crippen LogP contribution in [0.25, 0.3) is 11.0 Å². The van der Waals surface area contributed by atoms with Crippen molar-refractivity contribution in [2.24, 2.45) is 23.2 Å². The Morgan fingerprint density at radius 2 is 2.00 bits per heavy atom. The van der Waals surface area contributed by atoms with E-state index in [1.807, 2.05) is 12.1 Å². The quantitative estimate of drug-likeness (QED) is 0.903. The predicted octanol–water partition coefficient (Wildman–Crippen LogP) is 4.14. The second-order valence-corrected chi connectivity index (χ2v) is 9.40. The van der Waals surface area contributed by atoms with E-state index in [-0.39, 0.29) is 11.9 Å². The number of imidazole rings is 1. The minimum absolute atomic E-state index is 0.0668. The molecule has 1 aromatic carbocycles. The van der Waals surface area contributed by atoms with E-state index in [9.17, 15) is 4.79 Å². The lowest BCUT2D eigenvalue weighted by molar-refractivity contribution is 0.0442. The molecule has 0 amide bonds. The van der Waals surface area contributed by atoms with Gasteiger partial charge in [-0.2, -0.15) is 0 Å². The summed E-state index contributed by atoms with van der Waals surface area (Å²) in [5, 5.41) is 0. The van der Waals surface area contributed by atoms with Crippen molar-refractivity contribution in [3.05, 3.63) is 34.7 Å². The van der Waals surface area contributed by atoms with Gasteiger partial charge >= 0.3 is 5.69 Å². The number of rotatable bonds is 3. The smallest absolute Gasteiger partial charge is 0.305 e. The van der Waals surface area contributed by atoms with Gasteiger partial charge < -0.3 is 4.98 Å². The number of hydrogen-bond acceptors (Lipinski definition) is 2. The molecule has 1 aromatic heterocycles. The van der Waals surface area contributed by atoms with E-state index in [4.69, 9.17) is 0 Å². The largest absolute Gasteiger partial charge is 0.327 e. The molecule has 2 bridgehead atoms. The molecule has 3 saturated carbocycles. The lowest BCUT2D eigenvalue weighted by atomic mass is 9.76. The number of H-pyrrole nitrogens is 1. The number of aromatic amines is 1. The third-order valence-corrected chi connectivity index (χ3v) is 8.35. The molecule has 4 aliphatic rings. The second kappa shape index (κ2) is 5.48. The Kier molecular flexibility index (Phi) is 3.27. The van der Waals surface area contributed by atoms with Crippen LogP contribution in [0.3, 0.4) is 0 Å². The first-order valence-corrected chi connectivity index (χ1v) is 10.7. The number of benzene rings is 1. The van der Waals surface area contributed by atoms with Crippen molar-refractivity contribution in [3.8, 4) is 0 Å². The van der Waals surface area contributed by atoms with Crippen molar-refractivity contribution < 1.29 is 0 Å². The number of nitrogens with one attached hydrogen (secondary N) is 1. The van der Waals surface area contributed by atoms with Gasteiger partial charge in [-0.1, -0.05) is 12.1 Å². The Bertz CT molecular complexity index is 892. The van der Waals surface area contributed by atoms with Crippen molar-refractivity contribution in [2.45, 2.75) is 57.5 Å². The zero-order valence-corrected chi connectivity index (χ0v) is 15.5. The van der Waals surface area contributed by atoms with Crippen molar-refractivity contribution in [3.63, 3.8) is 0 Å². The van der Waals surface area contributed by atoms with Crippen LogP contribution >= 0.6 is 0 Å². The fourth-order valence-electron chi connectivity index (χ4n) is 7.03. The lowest BCUT2D eigenvalue weighted by Gasteiger charge is -2.41. The van der Waals surface area contributed by atoms with Gasteiger partial charge in [-0.05, 0) is 86.7 Å². The van der Waals surface area contributed by atoms with Crippen molar-refractivity contribution in [1.82, 2.24) is 14.5 Å². The summed E-state index contributed by atoms with van der Waals surface area (Å²) in [6, 6.07) is 8.18. The van der Waals surface area contributed by atoms with Crippen LogP contribution in [-0.4, -0.2) is 27.5 Å². The average molecular weight is 351 g/mol. The van der Waals surface area contributed by atoms with Gasteiger partial charge in [-0.25, -0.2) is 4.79 Å². The molecule has 0 radical (unpaired) electrons. The molecule has 4 fully saturated rings. The number of likely N-dealkylation sites (tertiary alicyclic amines) is 1. The minimum Gasteiger partial charge on any atom is -0.305 e. The van der Waals surface area contributed by atoms with E-state index < -0.39 is 0 Å². The Morgan fingerprint density at radius 1 is 1.12 bits per heavy atom. The van der Waals surface area contributed by atoms with Crippen LogP contribution in [0, 0.1) is 23.2 Å². The fraction of sp³-hybridized carbons (Fsp3) is 0.682. The van der Waals surface area contributed by atoms with Crippen LogP contribution < -0.4 is 5.69 Å². The zero-order valence-electron chi connectivity index (χ0n) is 15.5. The van der Waals surface area contributed by atoms with Gasteiger partial charge in [-0.3, -0.25) is 9.47 Å². The number of para-hydroxylation sites is 2. The van der Waals surface area contributed by atoms with Crippen LogP contribution in [0.2, 0.25) is 0 Å². The molecule has 2 aromatic rings. The highest BCUT2D eigenvalue weighted by Gasteiger charge is 2.64. The molecule has 4 atom stereocenters. The zero-order chi connectivity index (χ0) is 17.3. The molecule has 4 heteroatoms. The van der Waals surface area contributed by atoms with Crippen LogP contribution in [0.15, 0.2) is 29.1 Å². The topological polar surface area (TPSA) is 41.0 Å². The minimum atomic E-state index is 0.0668. The molecule has 1 N–H and O–H groups in total. The van der Waals surface area contributed by atoms with E-state index >= 15 is 0 Å². The highest BCUT2D eigenvalue weighted by molar-refractivity contribution is 5.75. The summed E-state index contributed by atoms with van der Waals surface area (Å²) in [6.45, 7) is 2.37. The average Bonchev–Trinajstić information content (AvgIpc) is 3.04. The fourth-order valence-corrected chi connectivity index (χ4v) is 7.03. The van der Waals surface area contributed by atoms with Crippen molar-refractivity contribution in [1.29, 1.82) is 0 Å². The van der Waals surface area contributed by atoms with Gasteiger partial charge in [0.2, 0.25) is 0 Å². The molecule has 1 saturated heterocycles. The summed E-state index contributed by atoms with van der Waals surface area (Å²) in [7, 11) is 0. The van der Waals surface area contributed by atoms with Crippen LogP contribution in [0.4, 0.5) is 0 Å². The molecule has 1 aliphatic heterocycles. The molecular formula is C22H29N3O. The summed E-state index contributed by atoms with van der Waals surface area (Å²) in [5.74, 6) is 2.88. The standard InChI is InChI=1S/C22H29N3O/c26-21-23-18-5-1-2-6-19(18)25(21)20-7-3-4-12-24(20)14-17-15-8-9-16(13-15)22(17)10-11-22/h1-2,5-6,15-17,20H,3-4,7-14H2,(H,23,26)/t15-,16+,17-,20?/m0/s1. The molecule has 1 unspecified atom stereocenters. The number of nitrogens with zero attached hydrogens (tertiary/aromatic N) is 2. The van der Waals surface area contributed by atoms with E-state index in [2.05, 4.69) is 26.6 Å². The summed E-state index contributed by atoms with van der Waals surface area (Å²) < 4.78 is 2.06. The normalized spacial score (nSPS) is 35.5. The summed E-state index contributed by atoms with van der Waals surface area (Å²) >= 11 is 0. The van der Waals surface area contributed by atoms with Gasteiger partial charge in [0.05, 0.1) is 17.2 Å². The maximum absolute atomic E-state index is 12.8. The predicted molar refractivity (Wildman–Crippen MR) is 103 cm³/mol. The Morgan fingerprint density at radius 3 is 2.88 bits per heavy atom. The Balaban J connectivity index is 1.35. The van der Waals surface area contributed by atoms with Gasteiger partial charge in [0.1, 0.15) is 0 Å². The van der Waals surface area contributed by atoms with E-state index in [0.29, 0.717) is 5.41 Å². The number of aromatic nitrogens is 2. The first-order chi connectivity index (χ1) is 12.8. The van der Waals surface area contributed by atoms with E-state index in [1.165, 1.54) is 51.5 Å². The Hall–Kier alpha value is -1.55. The van der Waals surface area contributed by atoms with Gasteiger partial charge in [0, 0.05) is 13.1 Å². The van der Waals surface area contributed by atoms with E-state index in [1.54, 1.807) is 0 Å². The second-order valence-electron chi connectivity index (χ2n) is 9.40. The molecular weight excluding hydrogens is 322 g/mol. The van der Waals surface area contributed by atoms with Crippen molar-refractivity contribution >= 4 is 11.0 Å². The molecule has 1 spiro atoms. The highest BCUT2D eigenvalue weighted by atomic mass is 16.1. The van der Waals surface area contributed by atoms with Gasteiger partial charge in [-0.15, -0.1) is 0 Å². The SMILES string of the molecule is O=c1[nH]c2ccccc2n1C1CCCCN1C[C@H]1[C@H]2CC[C@H](C2)C12CC2. The molecule has 138 valence electrons. The molecule has 2 heterocycles. The molecule has 26 heavy (non-hydrogen) atoms. The first kappa shape index (κ1) is 15.5. The molecule has 4 nitrogen and oxygen atoms in total. The van der Waals surface area contributed by atoms with Crippen LogP contribution in [-0.2, 0) is 0 Å². The van der Waals surface area contributed by atoms with E-state index in [0.717, 1.165) is 41.8 Å². The monoisotopic (exact) mass is 351 g/mol. The first-order valence-electron chi connectivity index (χ1n) is 10.7. The Labute approximate surface area is 154 Å². The lowest BCUT2D eigenvalue weighted by Crippen LogP contribution is -2.45. The van der Waals surface area contributed by atoms with Crippen LogP contribution in [0.5, 0.6) is 0 Å². The van der Waals surface area contributed by atoms with Crippen molar-refractivity contribution in [2.75, 3.05) is 13.1 Å². The summed E-state index contributed by atoms with van der Waals surface area (Å²) in [6.07, 6.45) is 11.3. The number of piperidine rings is 1. The third-order valence-electron chi connectivity index (χ3n) is 8.35. The highest BCUT2D eigenvalue weighted by Crippen LogP contribution is 2.71. The maximum atomic E-state index is 12.8. The third kappa shape index (κ3) is 2.08. The number of fused-ring (bicyclic) bond motifs is 4.